The van der Waals surface area contributed by atoms with Crippen LogP contribution in [0.15, 0.2) is 0 Å². The third kappa shape index (κ3) is 8.90. The lowest BCUT2D eigenvalue weighted by molar-refractivity contribution is -0.199. The highest BCUT2D eigenvalue weighted by atomic mass is 16.5. The van der Waals surface area contributed by atoms with Gasteiger partial charge in [-0.05, 0) is 121 Å². The van der Waals surface area contributed by atoms with Crippen molar-refractivity contribution in [3.05, 3.63) is 0 Å². The van der Waals surface area contributed by atoms with Gasteiger partial charge in [0.25, 0.3) is 0 Å². The lowest BCUT2D eigenvalue weighted by Crippen LogP contribution is -2.47. The minimum atomic E-state index is -0.566. The predicted molar refractivity (Wildman–Crippen MR) is 179 cm³/mol. The molecule has 3 heterocycles. The van der Waals surface area contributed by atoms with E-state index in [-0.39, 0.29) is 62.8 Å². The van der Waals surface area contributed by atoms with Crippen LogP contribution in [0.1, 0.15) is 134 Å². The lowest BCUT2D eigenvalue weighted by Gasteiger charge is -2.35. The Balaban J connectivity index is 1.57. The number of carbonyl (C=O) groups excluding carboxylic acids is 3. The molecule has 3 unspecified atom stereocenters. The van der Waals surface area contributed by atoms with Gasteiger partial charge in [-0.15, -0.1) is 0 Å². The molecule has 3 fully saturated rings. The van der Waals surface area contributed by atoms with Crippen molar-refractivity contribution < 1.29 is 44.2 Å². The molecule has 3 aliphatic rings. The fourth-order valence-electron chi connectivity index (χ4n) is 8.48. The molecule has 0 radical (unpaired) electrons. The second kappa shape index (κ2) is 14.4. The molecule has 0 aromatic rings. The number of nitrogens with zero attached hydrogens (tertiary/aromatic N) is 3. The van der Waals surface area contributed by atoms with Crippen molar-refractivity contribution in [2.45, 2.75) is 168 Å². The van der Waals surface area contributed by atoms with Crippen LogP contribution in [0.4, 0.5) is 0 Å². The molecular weight excluding hydrogens is 618 g/mol. The third-order valence-corrected chi connectivity index (χ3v) is 11.9. The zero-order valence-corrected chi connectivity index (χ0v) is 31.7. The first-order chi connectivity index (χ1) is 21.7. The molecule has 3 rings (SSSR count). The van der Waals surface area contributed by atoms with Gasteiger partial charge in [-0.25, -0.2) is 0 Å². The Morgan fingerprint density at radius 3 is 1.06 bits per heavy atom. The quantitative estimate of drug-likeness (QED) is 0.146. The number of carbonyl (C=O) groups is 3. The van der Waals surface area contributed by atoms with Crippen LogP contribution in [-0.2, 0) is 28.6 Å². The van der Waals surface area contributed by atoms with E-state index in [9.17, 15) is 30.0 Å². The topological polar surface area (TPSA) is 149 Å². The van der Waals surface area contributed by atoms with Crippen LogP contribution in [0, 0.1) is 23.7 Å². The van der Waals surface area contributed by atoms with Crippen LogP contribution in [-0.4, -0.2) is 102 Å². The normalized spacial score (nSPS) is 29.4. The molecule has 0 bridgehead atoms. The van der Waals surface area contributed by atoms with Crippen molar-refractivity contribution in [2.24, 2.45) is 23.7 Å². The van der Waals surface area contributed by atoms with Crippen molar-refractivity contribution >= 4 is 17.9 Å². The zero-order valence-electron chi connectivity index (χ0n) is 31.7. The summed E-state index contributed by atoms with van der Waals surface area (Å²) in [4.78, 5) is 38.8. The Bertz CT molecular complexity index is 1110. The summed E-state index contributed by atoms with van der Waals surface area (Å²) in [6.45, 7) is 23.8. The average molecular weight is 684 g/mol. The maximum absolute atomic E-state index is 13.1. The number of hydroxylamine groups is 6. The van der Waals surface area contributed by atoms with Gasteiger partial charge in [-0.3, -0.25) is 14.4 Å². The van der Waals surface area contributed by atoms with Gasteiger partial charge in [-0.2, -0.15) is 15.2 Å². The fourth-order valence-corrected chi connectivity index (χ4v) is 8.48. The Labute approximate surface area is 288 Å². The standard InChI is InChI=1S/C36H65N3O9/c1-31(2)18-25(34(7,8)37(31)43)21-46-28(40)15-13-24(17-30(42)48-23-27-20-33(5,6)39(45)36(27,11)12)14-16-29(41)47-22-26-19-32(3,4)38(44)35(26,9)10/h24-27,43-45H,13-23H2,1-12H3. The maximum Gasteiger partial charge on any atom is 0.306 e. The largest absolute Gasteiger partial charge is 0.465 e. The third-order valence-electron chi connectivity index (χ3n) is 11.9. The van der Waals surface area contributed by atoms with Gasteiger partial charge in [0, 0.05) is 70.2 Å². The highest BCUT2D eigenvalue weighted by molar-refractivity contribution is 5.72. The summed E-state index contributed by atoms with van der Waals surface area (Å²) in [5.41, 5.74) is -2.97. The van der Waals surface area contributed by atoms with Crippen LogP contribution in [0.25, 0.3) is 0 Å². The summed E-state index contributed by atoms with van der Waals surface area (Å²) in [6, 6.07) is 0. The molecule has 0 aliphatic carbocycles. The van der Waals surface area contributed by atoms with Crippen molar-refractivity contribution in [1.29, 1.82) is 0 Å². The number of hydrogen-bond acceptors (Lipinski definition) is 12. The van der Waals surface area contributed by atoms with E-state index in [0.29, 0.717) is 32.1 Å². The van der Waals surface area contributed by atoms with E-state index in [1.54, 1.807) is 0 Å². The summed E-state index contributed by atoms with van der Waals surface area (Å²) in [5, 5.41) is 35.9. The van der Waals surface area contributed by atoms with Crippen molar-refractivity contribution in [3.63, 3.8) is 0 Å². The van der Waals surface area contributed by atoms with Crippen LogP contribution >= 0.6 is 0 Å². The molecule has 3 N–H and O–H groups in total. The SMILES string of the molecule is CC1(C)CC(COC(=O)CCC(CCC(=O)OCC2CC(C)(C)N(O)C2(C)C)CC(=O)OCC2CC(C)(C)N(O)C2(C)C)C(C)(C)N1O. The molecule has 0 saturated carbocycles. The van der Waals surface area contributed by atoms with E-state index in [4.69, 9.17) is 14.2 Å². The highest BCUT2D eigenvalue weighted by Gasteiger charge is 2.53. The summed E-state index contributed by atoms with van der Waals surface area (Å²) in [7, 11) is 0. The smallest absolute Gasteiger partial charge is 0.306 e. The molecule has 0 aromatic carbocycles. The molecule has 3 saturated heterocycles. The average Bonchev–Trinajstić information content (AvgIpc) is 3.32. The molecule has 12 nitrogen and oxygen atoms in total. The molecule has 278 valence electrons. The van der Waals surface area contributed by atoms with Crippen molar-refractivity contribution in [1.82, 2.24) is 15.2 Å². The summed E-state index contributed by atoms with van der Waals surface area (Å²) < 4.78 is 17.0. The monoisotopic (exact) mass is 683 g/mol. The first-order valence-corrected chi connectivity index (χ1v) is 17.7. The van der Waals surface area contributed by atoms with E-state index < -0.39 is 51.1 Å². The van der Waals surface area contributed by atoms with E-state index >= 15 is 0 Å². The predicted octanol–water partition coefficient (Wildman–Crippen LogP) is 5.99. The van der Waals surface area contributed by atoms with Crippen LogP contribution < -0.4 is 0 Å². The van der Waals surface area contributed by atoms with Gasteiger partial charge in [0.15, 0.2) is 0 Å². The molecular formula is C36H65N3O9. The number of esters is 3. The summed E-state index contributed by atoms with van der Waals surface area (Å²) in [6.07, 6.45) is 2.87. The maximum atomic E-state index is 13.1. The second-order valence-electron chi connectivity index (χ2n) is 18.2. The Hall–Kier alpha value is -1.83. The van der Waals surface area contributed by atoms with Crippen LogP contribution in [0.2, 0.25) is 0 Å². The molecule has 3 atom stereocenters. The van der Waals surface area contributed by atoms with Gasteiger partial charge >= 0.3 is 17.9 Å². The Kier molecular flexibility index (Phi) is 12.2. The minimum Gasteiger partial charge on any atom is -0.465 e. The Morgan fingerprint density at radius 2 is 0.812 bits per heavy atom. The first-order valence-electron chi connectivity index (χ1n) is 17.7. The van der Waals surface area contributed by atoms with E-state index in [1.165, 1.54) is 15.2 Å². The number of hydrogen-bond donors (Lipinski definition) is 3. The van der Waals surface area contributed by atoms with Gasteiger partial charge in [-0.1, -0.05) is 0 Å². The van der Waals surface area contributed by atoms with Crippen molar-refractivity contribution in [3.8, 4) is 0 Å². The number of ether oxygens (including phenoxy) is 3. The Morgan fingerprint density at radius 1 is 0.542 bits per heavy atom. The lowest BCUT2D eigenvalue weighted by atomic mass is 9.87. The van der Waals surface area contributed by atoms with E-state index in [1.807, 2.05) is 83.1 Å². The minimum absolute atomic E-state index is 0.0343. The number of rotatable bonds is 14. The van der Waals surface area contributed by atoms with Crippen LogP contribution in [0.3, 0.4) is 0 Å². The van der Waals surface area contributed by atoms with Crippen LogP contribution in [0.5, 0.6) is 0 Å². The van der Waals surface area contributed by atoms with Gasteiger partial charge in [0.1, 0.15) is 0 Å². The fraction of sp³-hybridized carbons (Fsp3) is 0.917. The molecule has 0 aromatic heterocycles. The molecule has 12 heteroatoms. The molecule has 0 spiro atoms. The highest BCUT2D eigenvalue weighted by Crippen LogP contribution is 2.45. The second-order valence-corrected chi connectivity index (χ2v) is 18.2. The zero-order chi connectivity index (χ0) is 36.7. The van der Waals surface area contributed by atoms with E-state index in [2.05, 4.69) is 0 Å². The molecule has 0 amide bonds. The van der Waals surface area contributed by atoms with Crippen molar-refractivity contribution in [2.75, 3.05) is 19.8 Å². The summed E-state index contributed by atoms with van der Waals surface area (Å²) >= 11 is 0. The summed E-state index contributed by atoms with van der Waals surface area (Å²) in [5.74, 6) is -1.67. The van der Waals surface area contributed by atoms with Gasteiger partial charge in [0.2, 0.25) is 0 Å². The first kappa shape index (κ1) is 40.6. The van der Waals surface area contributed by atoms with E-state index in [0.717, 1.165) is 0 Å². The van der Waals surface area contributed by atoms with Gasteiger partial charge < -0.3 is 29.8 Å². The molecule has 3 aliphatic heterocycles. The van der Waals surface area contributed by atoms with Gasteiger partial charge in [0.05, 0.1) is 19.8 Å². The molecule has 48 heavy (non-hydrogen) atoms.